The van der Waals surface area contributed by atoms with Gasteiger partial charge in [-0.15, -0.1) is 0 Å². The minimum Gasteiger partial charge on any atom is -0.504 e. The maximum Gasteiger partial charge on any atom is 0.417 e. The Bertz CT molecular complexity index is 1690. The van der Waals surface area contributed by atoms with E-state index in [9.17, 15) is 26.0 Å². The normalized spacial score (nSPS) is 12.3. The molecule has 4 aromatic rings. The van der Waals surface area contributed by atoms with Gasteiger partial charge in [-0.05, 0) is 41.3 Å². The van der Waals surface area contributed by atoms with Crippen LogP contribution in [0, 0.1) is 5.82 Å². The van der Waals surface area contributed by atoms with Crippen LogP contribution in [0.15, 0.2) is 102 Å². The van der Waals surface area contributed by atoms with E-state index < -0.39 is 27.4 Å². The standard InChI is InChI=1S/C35H34ClF4NO4S/c1-44-20-17-29-32(37)21-28(22-33(29)46(2,42)43)45-19-10-18-41(23-27-15-9-16-31(34(27)36)35(38,39)40)24-30(25-11-5-3-6-12-25)26-13-7-4-8-14-26/h3-9,11-17,20-22,30H,10,18-19,23-24H2,1-2H3. The van der Waals surface area contributed by atoms with E-state index in [4.69, 9.17) is 21.1 Å². The van der Waals surface area contributed by atoms with Gasteiger partial charge in [0.25, 0.3) is 0 Å². The molecule has 0 heterocycles. The van der Waals surface area contributed by atoms with Crippen molar-refractivity contribution in [3.63, 3.8) is 0 Å². The summed E-state index contributed by atoms with van der Waals surface area (Å²) in [5.74, 6) is -0.862. The first kappa shape index (κ1) is 35.0. The van der Waals surface area contributed by atoms with Crippen molar-refractivity contribution in [2.24, 2.45) is 0 Å². The third-order valence-electron chi connectivity index (χ3n) is 7.35. The van der Waals surface area contributed by atoms with E-state index >= 15 is 0 Å². The molecule has 11 heteroatoms. The van der Waals surface area contributed by atoms with Crippen LogP contribution < -0.4 is 4.74 Å². The molecule has 244 valence electrons. The van der Waals surface area contributed by atoms with Crippen molar-refractivity contribution >= 4 is 27.5 Å². The summed E-state index contributed by atoms with van der Waals surface area (Å²) in [6, 6.07) is 25.9. The quantitative estimate of drug-likeness (QED) is 0.0761. The molecule has 0 bridgehead atoms. The summed E-state index contributed by atoms with van der Waals surface area (Å²) in [5.41, 5.74) is 1.36. The van der Waals surface area contributed by atoms with E-state index in [1.54, 1.807) is 6.07 Å². The maximum atomic E-state index is 14.9. The Morgan fingerprint density at radius 3 is 2.13 bits per heavy atom. The third-order valence-corrected chi connectivity index (χ3v) is 8.93. The van der Waals surface area contributed by atoms with E-state index in [2.05, 4.69) is 0 Å². The van der Waals surface area contributed by atoms with Gasteiger partial charge in [0.2, 0.25) is 0 Å². The number of halogens is 5. The van der Waals surface area contributed by atoms with Crippen LogP contribution in [0.4, 0.5) is 17.6 Å². The Labute approximate surface area is 272 Å². The van der Waals surface area contributed by atoms with Crippen molar-refractivity contribution in [1.82, 2.24) is 4.90 Å². The summed E-state index contributed by atoms with van der Waals surface area (Å²) in [4.78, 5) is 1.77. The van der Waals surface area contributed by atoms with Gasteiger partial charge in [-0.3, -0.25) is 4.90 Å². The SMILES string of the molecule is COC=Cc1c(F)cc(OCCCN(Cc2cccc(C(F)(F)F)c2Cl)CC(c2ccccc2)c2ccccc2)cc1S(C)(=O)=O. The van der Waals surface area contributed by atoms with E-state index in [0.29, 0.717) is 25.1 Å². The average molecular weight is 676 g/mol. The van der Waals surface area contributed by atoms with Crippen LogP contribution in [-0.2, 0) is 27.3 Å². The molecule has 0 atom stereocenters. The van der Waals surface area contributed by atoms with Crippen molar-refractivity contribution in [2.45, 2.75) is 30.0 Å². The lowest BCUT2D eigenvalue weighted by Crippen LogP contribution is -2.31. The summed E-state index contributed by atoms with van der Waals surface area (Å²) in [5, 5.41) is -0.349. The average Bonchev–Trinajstić information content (AvgIpc) is 3.01. The first-order valence-electron chi connectivity index (χ1n) is 14.4. The van der Waals surface area contributed by atoms with Crippen LogP contribution >= 0.6 is 11.6 Å². The Balaban J connectivity index is 1.59. The second-order valence-corrected chi connectivity index (χ2v) is 13.1. The number of hydrogen-bond donors (Lipinski definition) is 0. The Hall–Kier alpha value is -3.86. The molecule has 0 aromatic heterocycles. The number of rotatable bonds is 14. The monoisotopic (exact) mass is 675 g/mol. The predicted octanol–water partition coefficient (Wildman–Crippen LogP) is 8.62. The second-order valence-electron chi connectivity index (χ2n) is 10.7. The number of nitrogens with zero attached hydrogens (tertiary/aromatic N) is 1. The number of ether oxygens (including phenoxy) is 2. The van der Waals surface area contributed by atoms with Crippen LogP contribution in [-0.4, -0.2) is 46.4 Å². The van der Waals surface area contributed by atoms with Gasteiger partial charge in [0.15, 0.2) is 9.84 Å². The molecule has 4 aromatic carbocycles. The van der Waals surface area contributed by atoms with Gasteiger partial charge in [0.05, 0.1) is 35.5 Å². The Morgan fingerprint density at radius 1 is 0.935 bits per heavy atom. The molecule has 0 amide bonds. The minimum atomic E-state index is -4.60. The van der Waals surface area contributed by atoms with Gasteiger partial charge < -0.3 is 9.47 Å². The summed E-state index contributed by atoms with van der Waals surface area (Å²) < 4.78 is 91.2. The summed E-state index contributed by atoms with van der Waals surface area (Å²) in [6.07, 6.45) is -0.826. The van der Waals surface area contributed by atoms with Gasteiger partial charge in [0.1, 0.15) is 11.6 Å². The van der Waals surface area contributed by atoms with Crippen molar-refractivity contribution in [3.05, 3.63) is 136 Å². The Kier molecular flexibility index (Phi) is 11.9. The largest absolute Gasteiger partial charge is 0.504 e. The maximum absolute atomic E-state index is 14.9. The molecule has 0 saturated carbocycles. The number of alkyl halides is 3. The lowest BCUT2D eigenvalue weighted by atomic mass is 9.90. The molecule has 46 heavy (non-hydrogen) atoms. The fourth-order valence-corrected chi connectivity index (χ4v) is 6.35. The highest BCUT2D eigenvalue weighted by Gasteiger charge is 2.34. The number of hydrogen-bond acceptors (Lipinski definition) is 5. The molecular formula is C35H34ClF4NO4S. The Morgan fingerprint density at radius 2 is 1.57 bits per heavy atom. The molecule has 0 unspecified atom stereocenters. The van der Waals surface area contributed by atoms with Gasteiger partial charge in [-0.2, -0.15) is 13.2 Å². The van der Waals surface area contributed by atoms with E-state index in [0.717, 1.165) is 29.5 Å². The van der Waals surface area contributed by atoms with Crippen LogP contribution in [0.25, 0.3) is 6.08 Å². The smallest absolute Gasteiger partial charge is 0.417 e. The van der Waals surface area contributed by atoms with Gasteiger partial charge >= 0.3 is 6.18 Å². The zero-order valence-corrected chi connectivity index (χ0v) is 26.9. The fourth-order valence-electron chi connectivity index (χ4n) is 5.16. The molecular weight excluding hydrogens is 642 g/mol. The highest BCUT2D eigenvalue weighted by atomic mass is 35.5. The summed E-state index contributed by atoms with van der Waals surface area (Å²) in [6.45, 7) is 1.06. The van der Waals surface area contributed by atoms with Gasteiger partial charge in [0, 0.05) is 43.4 Å². The lowest BCUT2D eigenvalue weighted by Gasteiger charge is -2.29. The van der Waals surface area contributed by atoms with Crippen LogP contribution in [0.2, 0.25) is 5.02 Å². The summed E-state index contributed by atoms with van der Waals surface area (Å²) >= 11 is 6.29. The minimum absolute atomic E-state index is 0.0337. The molecule has 0 aliphatic carbocycles. The molecule has 0 N–H and O–H groups in total. The van der Waals surface area contributed by atoms with Crippen molar-refractivity contribution in [2.75, 3.05) is 33.1 Å². The topological polar surface area (TPSA) is 55.8 Å². The van der Waals surface area contributed by atoms with Crippen molar-refractivity contribution in [1.29, 1.82) is 0 Å². The molecule has 4 rings (SSSR count). The highest BCUT2D eigenvalue weighted by molar-refractivity contribution is 7.90. The number of benzene rings is 4. The molecule has 0 aliphatic heterocycles. The first-order chi connectivity index (χ1) is 21.9. The third kappa shape index (κ3) is 9.34. The first-order valence-corrected chi connectivity index (χ1v) is 16.7. The number of sulfone groups is 1. The molecule has 5 nitrogen and oxygen atoms in total. The molecule has 0 aliphatic rings. The zero-order valence-electron chi connectivity index (χ0n) is 25.3. The second kappa shape index (κ2) is 15.6. The highest BCUT2D eigenvalue weighted by Crippen LogP contribution is 2.37. The van der Waals surface area contributed by atoms with E-state index in [-0.39, 0.29) is 40.3 Å². The molecule has 0 spiro atoms. The van der Waals surface area contributed by atoms with Crippen molar-refractivity contribution < 1.29 is 35.5 Å². The van der Waals surface area contributed by atoms with Gasteiger partial charge in [-0.1, -0.05) is 84.4 Å². The summed E-state index contributed by atoms with van der Waals surface area (Å²) in [7, 11) is -2.44. The van der Waals surface area contributed by atoms with Crippen molar-refractivity contribution in [3.8, 4) is 5.75 Å². The van der Waals surface area contributed by atoms with E-state index in [1.165, 1.54) is 31.6 Å². The van der Waals surface area contributed by atoms with Crippen LogP contribution in [0.1, 0.15) is 40.2 Å². The molecule has 0 radical (unpaired) electrons. The van der Waals surface area contributed by atoms with E-state index in [1.807, 2.05) is 65.6 Å². The predicted molar refractivity (Wildman–Crippen MR) is 172 cm³/mol. The lowest BCUT2D eigenvalue weighted by molar-refractivity contribution is -0.137. The van der Waals surface area contributed by atoms with Crippen LogP contribution in [0.5, 0.6) is 5.75 Å². The molecule has 0 saturated heterocycles. The van der Waals surface area contributed by atoms with Crippen LogP contribution in [0.3, 0.4) is 0 Å². The number of methoxy groups -OCH3 is 1. The zero-order chi connectivity index (χ0) is 33.3. The molecule has 0 fully saturated rings. The fraction of sp³-hybridized carbons (Fsp3) is 0.257. The van der Waals surface area contributed by atoms with Gasteiger partial charge in [-0.25, -0.2) is 12.8 Å².